The minimum Gasteiger partial charge on any atom is -0.454 e. The van der Waals surface area contributed by atoms with Gasteiger partial charge in [0, 0.05) is 11.0 Å². The van der Waals surface area contributed by atoms with Crippen molar-refractivity contribution in [1.82, 2.24) is 0 Å². The Morgan fingerprint density at radius 3 is 2.79 bits per heavy atom. The SMILES string of the molecule is Fc1cc(Br)ccc1NCc1ccc2c(c1)OCO2. The first-order valence-electron chi connectivity index (χ1n) is 5.80. The fourth-order valence-electron chi connectivity index (χ4n) is 1.88. The van der Waals surface area contributed by atoms with Crippen molar-refractivity contribution in [2.75, 3.05) is 12.1 Å². The van der Waals surface area contributed by atoms with Crippen molar-refractivity contribution in [2.24, 2.45) is 0 Å². The van der Waals surface area contributed by atoms with Gasteiger partial charge >= 0.3 is 0 Å². The average molecular weight is 324 g/mol. The van der Waals surface area contributed by atoms with Crippen LogP contribution in [0.15, 0.2) is 40.9 Å². The van der Waals surface area contributed by atoms with E-state index in [4.69, 9.17) is 9.47 Å². The number of fused-ring (bicyclic) bond motifs is 1. The van der Waals surface area contributed by atoms with Gasteiger partial charge in [0.05, 0.1) is 5.69 Å². The molecule has 1 N–H and O–H groups in total. The third kappa shape index (κ3) is 2.66. The molecule has 98 valence electrons. The number of rotatable bonds is 3. The average Bonchev–Trinajstić information content (AvgIpc) is 2.85. The Hall–Kier alpha value is -1.75. The Kier molecular flexibility index (Phi) is 3.29. The molecule has 1 aliphatic rings. The second kappa shape index (κ2) is 5.09. The van der Waals surface area contributed by atoms with Crippen LogP contribution in [0, 0.1) is 5.82 Å². The summed E-state index contributed by atoms with van der Waals surface area (Å²) >= 11 is 3.23. The van der Waals surface area contributed by atoms with Gasteiger partial charge < -0.3 is 14.8 Å². The molecule has 3 rings (SSSR count). The van der Waals surface area contributed by atoms with E-state index in [0.717, 1.165) is 21.5 Å². The predicted octanol–water partition coefficient (Wildman–Crippen LogP) is 3.93. The van der Waals surface area contributed by atoms with Gasteiger partial charge in [0.25, 0.3) is 0 Å². The van der Waals surface area contributed by atoms with Gasteiger partial charge in [-0.1, -0.05) is 22.0 Å². The van der Waals surface area contributed by atoms with Crippen LogP contribution in [0.4, 0.5) is 10.1 Å². The molecule has 19 heavy (non-hydrogen) atoms. The zero-order chi connectivity index (χ0) is 13.2. The van der Waals surface area contributed by atoms with E-state index in [1.165, 1.54) is 6.07 Å². The van der Waals surface area contributed by atoms with Gasteiger partial charge in [0.2, 0.25) is 6.79 Å². The van der Waals surface area contributed by atoms with Crippen LogP contribution in [-0.4, -0.2) is 6.79 Å². The summed E-state index contributed by atoms with van der Waals surface area (Å²) in [6.07, 6.45) is 0. The van der Waals surface area contributed by atoms with Gasteiger partial charge in [-0.15, -0.1) is 0 Å². The van der Waals surface area contributed by atoms with Gasteiger partial charge in [-0.25, -0.2) is 4.39 Å². The van der Waals surface area contributed by atoms with Gasteiger partial charge in [-0.2, -0.15) is 0 Å². The molecule has 1 heterocycles. The number of halogens is 2. The first-order chi connectivity index (χ1) is 9.22. The molecule has 0 spiro atoms. The lowest BCUT2D eigenvalue weighted by molar-refractivity contribution is 0.174. The molecule has 0 bridgehead atoms. The highest BCUT2D eigenvalue weighted by molar-refractivity contribution is 9.10. The summed E-state index contributed by atoms with van der Waals surface area (Å²) in [5, 5.41) is 3.06. The van der Waals surface area contributed by atoms with Gasteiger partial charge in [0.15, 0.2) is 11.5 Å². The highest BCUT2D eigenvalue weighted by atomic mass is 79.9. The third-order valence-corrected chi connectivity index (χ3v) is 3.34. The smallest absolute Gasteiger partial charge is 0.231 e. The molecular weight excluding hydrogens is 313 g/mol. The molecule has 0 saturated carbocycles. The Morgan fingerprint density at radius 2 is 1.95 bits per heavy atom. The van der Waals surface area contributed by atoms with E-state index in [1.54, 1.807) is 12.1 Å². The number of nitrogens with one attached hydrogen (secondary N) is 1. The van der Waals surface area contributed by atoms with Gasteiger partial charge in [-0.3, -0.25) is 0 Å². The maximum atomic E-state index is 13.6. The van der Waals surface area contributed by atoms with Crippen molar-refractivity contribution in [3.8, 4) is 11.5 Å². The topological polar surface area (TPSA) is 30.5 Å². The molecule has 1 aliphatic heterocycles. The number of anilines is 1. The summed E-state index contributed by atoms with van der Waals surface area (Å²) in [6, 6.07) is 10.6. The van der Waals surface area contributed by atoms with E-state index in [0.29, 0.717) is 12.2 Å². The van der Waals surface area contributed by atoms with E-state index in [2.05, 4.69) is 21.2 Å². The van der Waals surface area contributed by atoms with Crippen LogP contribution in [0.5, 0.6) is 11.5 Å². The predicted molar refractivity (Wildman–Crippen MR) is 74.0 cm³/mol. The molecule has 2 aromatic carbocycles. The van der Waals surface area contributed by atoms with Gasteiger partial charge in [0.1, 0.15) is 5.82 Å². The van der Waals surface area contributed by atoms with Crippen LogP contribution in [0.25, 0.3) is 0 Å². The fraction of sp³-hybridized carbons (Fsp3) is 0.143. The number of ether oxygens (including phenoxy) is 2. The van der Waals surface area contributed by atoms with Crippen LogP contribution >= 0.6 is 15.9 Å². The third-order valence-electron chi connectivity index (χ3n) is 2.85. The van der Waals surface area contributed by atoms with Crippen molar-refractivity contribution >= 4 is 21.6 Å². The van der Waals surface area contributed by atoms with E-state index in [-0.39, 0.29) is 12.6 Å². The van der Waals surface area contributed by atoms with Gasteiger partial charge in [-0.05, 0) is 35.9 Å². The highest BCUT2D eigenvalue weighted by Crippen LogP contribution is 2.32. The fourth-order valence-corrected chi connectivity index (χ4v) is 2.21. The van der Waals surface area contributed by atoms with Crippen molar-refractivity contribution in [2.45, 2.75) is 6.54 Å². The summed E-state index contributed by atoms with van der Waals surface area (Å²) < 4.78 is 24.9. The number of hydrogen-bond donors (Lipinski definition) is 1. The zero-order valence-electron chi connectivity index (χ0n) is 9.95. The largest absolute Gasteiger partial charge is 0.454 e. The van der Waals surface area contributed by atoms with E-state index >= 15 is 0 Å². The van der Waals surface area contributed by atoms with Crippen molar-refractivity contribution in [3.63, 3.8) is 0 Å². The molecule has 0 radical (unpaired) electrons. The minimum atomic E-state index is -0.282. The Morgan fingerprint density at radius 1 is 1.11 bits per heavy atom. The van der Waals surface area contributed by atoms with Crippen LogP contribution in [-0.2, 0) is 6.54 Å². The van der Waals surface area contributed by atoms with E-state index < -0.39 is 0 Å². The molecule has 2 aromatic rings. The summed E-state index contributed by atoms with van der Waals surface area (Å²) in [5.41, 5.74) is 1.48. The summed E-state index contributed by atoms with van der Waals surface area (Å²) in [6.45, 7) is 0.781. The lowest BCUT2D eigenvalue weighted by Crippen LogP contribution is -2.01. The zero-order valence-corrected chi connectivity index (χ0v) is 11.5. The van der Waals surface area contributed by atoms with Crippen LogP contribution < -0.4 is 14.8 Å². The molecule has 0 atom stereocenters. The molecule has 0 fully saturated rings. The number of hydrogen-bond acceptors (Lipinski definition) is 3. The van der Waals surface area contributed by atoms with Crippen LogP contribution in [0.3, 0.4) is 0 Å². The Balaban J connectivity index is 1.72. The molecule has 0 aliphatic carbocycles. The molecule has 0 unspecified atom stereocenters. The van der Waals surface area contributed by atoms with Crippen molar-refractivity contribution < 1.29 is 13.9 Å². The lowest BCUT2D eigenvalue weighted by Gasteiger charge is -2.08. The summed E-state index contributed by atoms with van der Waals surface area (Å²) in [7, 11) is 0. The normalized spacial score (nSPS) is 12.5. The molecule has 0 saturated heterocycles. The quantitative estimate of drug-likeness (QED) is 0.928. The maximum absolute atomic E-state index is 13.6. The second-order valence-corrected chi connectivity index (χ2v) is 5.08. The van der Waals surface area contributed by atoms with E-state index in [1.807, 2.05) is 18.2 Å². The Bertz CT molecular complexity index is 618. The number of benzene rings is 2. The minimum absolute atomic E-state index is 0.257. The summed E-state index contributed by atoms with van der Waals surface area (Å²) in [5.74, 6) is 1.20. The van der Waals surface area contributed by atoms with Crippen LogP contribution in [0.2, 0.25) is 0 Å². The standard InChI is InChI=1S/C14H11BrFNO2/c15-10-2-3-12(11(16)6-10)17-7-9-1-4-13-14(5-9)19-8-18-13/h1-6,17H,7-8H2. The highest BCUT2D eigenvalue weighted by Gasteiger charge is 2.13. The monoisotopic (exact) mass is 323 g/mol. The first kappa shape index (κ1) is 12.3. The van der Waals surface area contributed by atoms with Crippen LogP contribution in [0.1, 0.15) is 5.56 Å². The molecule has 0 aromatic heterocycles. The lowest BCUT2D eigenvalue weighted by atomic mass is 10.2. The maximum Gasteiger partial charge on any atom is 0.231 e. The molecule has 0 amide bonds. The van der Waals surface area contributed by atoms with Crippen molar-refractivity contribution in [1.29, 1.82) is 0 Å². The first-order valence-corrected chi connectivity index (χ1v) is 6.59. The second-order valence-electron chi connectivity index (χ2n) is 4.17. The van der Waals surface area contributed by atoms with Crippen molar-refractivity contribution in [3.05, 3.63) is 52.3 Å². The summed E-state index contributed by atoms with van der Waals surface area (Å²) in [4.78, 5) is 0. The molecular formula is C14H11BrFNO2. The molecule has 5 heteroatoms. The van der Waals surface area contributed by atoms with E-state index in [9.17, 15) is 4.39 Å². The Labute approximate surface area is 118 Å². The molecule has 3 nitrogen and oxygen atoms in total.